The lowest BCUT2D eigenvalue weighted by atomic mass is 10.3. The van der Waals surface area contributed by atoms with Crippen LogP contribution in [0.4, 0.5) is 10.5 Å². The van der Waals surface area contributed by atoms with Gasteiger partial charge in [0, 0.05) is 10.6 Å². The number of hydrogen-bond donors (Lipinski definition) is 2. The first-order chi connectivity index (χ1) is 12.2. The van der Waals surface area contributed by atoms with Crippen LogP contribution in [0.25, 0.3) is 10.8 Å². The van der Waals surface area contributed by atoms with Crippen molar-refractivity contribution in [2.75, 3.05) is 11.9 Å². The van der Waals surface area contributed by atoms with Gasteiger partial charge in [0.25, 0.3) is 0 Å². The Labute approximate surface area is 149 Å². The monoisotopic (exact) mass is 357 g/mol. The van der Waals surface area contributed by atoms with Crippen LogP contribution in [-0.4, -0.2) is 17.6 Å². The lowest BCUT2D eigenvalue weighted by Gasteiger charge is -2.08. The van der Waals surface area contributed by atoms with E-state index in [9.17, 15) is 4.79 Å². The number of furan rings is 1. The van der Waals surface area contributed by atoms with Gasteiger partial charge in [-0.3, -0.25) is 0 Å². The highest BCUT2D eigenvalue weighted by Gasteiger charge is 2.12. The average Bonchev–Trinajstić information content (AvgIpc) is 3.25. The zero-order chi connectivity index (χ0) is 17.6. The Morgan fingerprint density at radius 3 is 2.76 bits per heavy atom. The van der Waals surface area contributed by atoms with Gasteiger partial charge in [-0.1, -0.05) is 0 Å². The normalized spacial score (nSPS) is 10.5. The molecule has 2 aromatic heterocycles. The van der Waals surface area contributed by atoms with E-state index in [2.05, 4.69) is 15.6 Å². The fourth-order valence-corrected chi connectivity index (χ4v) is 3.21. The summed E-state index contributed by atoms with van der Waals surface area (Å²) in [5.41, 5.74) is 1.59. The maximum atomic E-state index is 12.1. The Balaban J connectivity index is 1.55. The summed E-state index contributed by atoms with van der Waals surface area (Å²) in [7, 11) is 0. The van der Waals surface area contributed by atoms with Gasteiger partial charge in [-0.15, -0.1) is 11.3 Å². The zero-order valence-electron chi connectivity index (χ0n) is 14.0. The third-order valence-electron chi connectivity index (χ3n) is 3.46. The molecule has 2 heterocycles. The van der Waals surface area contributed by atoms with E-state index in [1.807, 2.05) is 38.1 Å². The molecule has 0 atom stereocenters. The predicted molar refractivity (Wildman–Crippen MR) is 98.0 cm³/mol. The third kappa shape index (κ3) is 4.39. The van der Waals surface area contributed by atoms with Gasteiger partial charge in [0.05, 0.1) is 25.1 Å². The number of rotatable bonds is 6. The number of anilines is 1. The van der Waals surface area contributed by atoms with Gasteiger partial charge < -0.3 is 19.8 Å². The lowest BCUT2D eigenvalue weighted by molar-refractivity contribution is 0.252. The van der Waals surface area contributed by atoms with Crippen LogP contribution in [0.15, 0.2) is 47.1 Å². The number of nitrogens with zero attached hydrogens (tertiary/aromatic N) is 1. The minimum absolute atomic E-state index is 0.267. The van der Waals surface area contributed by atoms with Gasteiger partial charge in [0.15, 0.2) is 10.8 Å². The number of ether oxygens (including phenoxy) is 1. The summed E-state index contributed by atoms with van der Waals surface area (Å²) in [6.07, 6.45) is 1.62. The van der Waals surface area contributed by atoms with E-state index in [0.29, 0.717) is 18.8 Å². The fraction of sp³-hybridized carbons (Fsp3) is 0.222. The molecule has 130 valence electrons. The first kappa shape index (κ1) is 17.0. The van der Waals surface area contributed by atoms with Crippen LogP contribution in [0.2, 0.25) is 0 Å². The molecule has 7 heteroatoms. The molecule has 0 aliphatic heterocycles. The van der Waals surface area contributed by atoms with Crippen molar-refractivity contribution >= 4 is 23.1 Å². The van der Waals surface area contributed by atoms with E-state index >= 15 is 0 Å². The number of benzene rings is 1. The number of carbonyl (C=O) groups is 1. The molecule has 0 bridgehead atoms. The Bertz CT molecular complexity index is 826. The van der Waals surface area contributed by atoms with Crippen molar-refractivity contribution in [2.45, 2.75) is 20.4 Å². The minimum atomic E-state index is -0.267. The van der Waals surface area contributed by atoms with Crippen molar-refractivity contribution in [1.82, 2.24) is 10.3 Å². The molecule has 0 saturated heterocycles. The molecule has 0 saturated carbocycles. The second-order valence-corrected chi connectivity index (χ2v) is 6.35. The number of carbonyl (C=O) groups excluding carboxylic acids is 1. The summed E-state index contributed by atoms with van der Waals surface area (Å²) >= 11 is 1.51. The molecule has 0 aliphatic carbocycles. The van der Waals surface area contributed by atoms with Gasteiger partial charge in [-0.25, -0.2) is 9.78 Å². The number of aryl methyl sites for hydroxylation is 1. The molecular formula is C18H19N3O3S. The second-order valence-electron chi connectivity index (χ2n) is 5.27. The highest BCUT2D eigenvalue weighted by Crippen LogP contribution is 2.28. The average molecular weight is 357 g/mol. The molecule has 6 nitrogen and oxygen atoms in total. The summed E-state index contributed by atoms with van der Waals surface area (Å²) in [6.45, 7) is 4.87. The standard InChI is InChI=1S/C18H19N3O3S/c1-3-23-14-8-6-13(7-9-14)21-18(22)19-11-16-12(2)20-17(25-16)15-5-4-10-24-15/h4-10H,3,11H2,1-2H3,(H2,19,21,22). The topological polar surface area (TPSA) is 76.4 Å². The van der Waals surface area contributed by atoms with Crippen LogP contribution in [0.3, 0.4) is 0 Å². The number of urea groups is 1. The largest absolute Gasteiger partial charge is 0.494 e. The lowest BCUT2D eigenvalue weighted by Crippen LogP contribution is -2.28. The molecule has 0 fully saturated rings. The van der Waals surface area contributed by atoms with Gasteiger partial charge in [0.2, 0.25) is 0 Å². The SMILES string of the molecule is CCOc1ccc(NC(=O)NCc2sc(-c3ccco3)nc2C)cc1. The van der Waals surface area contributed by atoms with Crippen molar-refractivity contribution in [3.8, 4) is 16.5 Å². The van der Waals surface area contributed by atoms with Crippen LogP contribution in [0.1, 0.15) is 17.5 Å². The van der Waals surface area contributed by atoms with E-state index in [0.717, 1.165) is 27.1 Å². The highest BCUT2D eigenvalue weighted by atomic mass is 32.1. The van der Waals surface area contributed by atoms with Crippen LogP contribution in [0.5, 0.6) is 5.75 Å². The molecule has 25 heavy (non-hydrogen) atoms. The van der Waals surface area contributed by atoms with Crippen molar-refractivity contribution in [2.24, 2.45) is 0 Å². The number of hydrogen-bond acceptors (Lipinski definition) is 5. The summed E-state index contributed by atoms with van der Waals surface area (Å²) in [6, 6.07) is 10.7. The minimum Gasteiger partial charge on any atom is -0.494 e. The van der Waals surface area contributed by atoms with E-state index in [4.69, 9.17) is 9.15 Å². The van der Waals surface area contributed by atoms with Gasteiger partial charge >= 0.3 is 6.03 Å². The Morgan fingerprint density at radius 1 is 1.28 bits per heavy atom. The quantitative estimate of drug-likeness (QED) is 0.684. The van der Waals surface area contributed by atoms with Crippen molar-refractivity contribution in [3.05, 3.63) is 53.2 Å². The fourth-order valence-electron chi connectivity index (χ4n) is 2.23. The number of nitrogens with one attached hydrogen (secondary N) is 2. The summed E-state index contributed by atoms with van der Waals surface area (Å²) in [4.78, 5) is 17.5. The molecule has 0 unspecified atom stereocenters. The summed E-state index contributed by atoms with van der Waals surface area (Å²) < 4.78 is 10.7. The van der Waals surface area contributed by atoms with Crippen LogP contribution < -0.4 is 15.4 Å². The Kier molecular flexibility index (Phi) is 5.35. The van der Waals surface area contributed by atoms with E-state index < -0.39 is 0 Å². The number of aromatic nitrogens is 1. The first-order valence-electron chi connectivity index (χ1n) is 7.93. The number of amides is 2. The number of thiazole rings is 1. The smallest absolute Gasteiger partial charge is 0.319 e. The maximum Gasteiger partial charge on any atom is 0.319 e. The summed E-state index contributed by atoms with van der Waals surface area (Å²) in [5.74, 6) is 1.51. The molecule has 0 aliphatic rings. The van der Waals surface area contributed by atoms with Crippen molar-refractivity contribution in [1.29, 1.82) is 0 Å². The highest BCUT2D eigenvalue weighted by molar-refractivity contribution is 7.15. The van der Waals surface area contributed by atoms with Crippen LogP contribution >= 0.6 is 11.3 Å². The van der Waals surface area contributed by atoms with Gasteiger partial charge in [0.1, 0.15) is 5.75 Å². The maximum absolute atomic E-state index is 12.1. The predicted octanol–water partition coefficient (Wildman–Crippen LogP) is 4.43. The molecule has 2 N–H and O–H groups in total. The van der Waals surface area contributed by atoms with Crippen LogP contribution in [-0.2, 0) is 6.54 Å². The third-order valence-corrected chi connectivity index (χ3v) is 4.63. The Morgan fingerprint density at radius 2 is 2.08 bits per heavy atom. The van der Waals surface area contributed by atoms with Crippen LogP contribution in [0, 0.1) is 6.92 Å². The molecule has 0 spiro atoms. The second kappa shape index (κ2) is 7.85. The molecular weight excluding hydrogens is 338 g/mol. The van der Waals surface area contributed by atoms with Crippen molar-refractivity contribution in [3.63, 3.8) is 0 Å². The van der Waals surface area contributed by atoms with Gasteiger partial charge in [-0.2, -0.15) is 0 Å². The molecule has 2 amide bonds. The molecule has 3 aromatic rings. The van der Waals surface area contributed by atoms with E-state index in [-0.39, 0.29) is 6.03 Å². The zero-order valence-corrected chi connectivity index (χ0v) is 14.9. The van der Waals surface area contributed by atoms with Gasteiger partial charge in [-0.05, 0) is 50.2 Å². The molecule has 3 rings (SSSR count). The van der Waals surface area contributed by atoms with E-state index in [1.54, 1.807) is 18.4 Å². The summed E-state index contributed by atoms with van der Waals surface area (Å²) in [5, 5.41) is 6.45. The molecule has 1 aromatic carbocycles. The van der Waals surface area contributed by atoms with Crippen molar-refractivity contribution < 1.29 is 13.9 Å². The molecule has 0 radical (unpaired) electrons. The Hall–Kier alpha value is -2.80. The van der Waals surface area contributed by atoms with E-state index in [1.165, 1.54) is 11.3 Å². The first-order valence-corrected chi connectivity index (χ1v) is 8.75.